The van der Waals surface area contributed by atoms with Gasteiger partial charge in [0, 0.05) is 18.7 Å². The van der Waals surface area contributed by atoms with E-state index in [4.69, 9.17) is 16.3 Å². The van der Waals surface area contributed by atoms with E-state index in [1.807, 2.05) is 0 Å². The van der Waals surface area contributed by atoms with E-state index in [1.54, 1.807) is 30.3 Å². The molecule has 1 amide bonds. The fourth-order valence-electron chi connectivity index (χ4n) is 2.95. The summed E-state index contributed by atoms with van der Waals surface area (Å²) in [5.74, 6) is -0.815. The van der Waals surface area contributed by atoms with E-state index >= 15 is 0 Å². The van der Waals surface area contributed by atoms with Gasteiger partial charge in [-0.2, -0.15) is 0 Å². The van der Waals surface area contributed by atoms with E-state index in [1.165, 1.54) is 23.5 Å². The molecule has 29 heavy (non-hydrogen) atoms. The molecule has 10 heteroatoms. The molecule has 3 rings (SSSR count). The van der Waals surface area contributed by atoms with Gasteiger partial charge >= 0.3 is 5.97 Å². The van der Waals surface area contributed by atoms with Crippen LogP contribution in [0.3, 0.4) is 0 Å². The third kappa shape index (κ3) is 4.63. The lowest BCUT2D eigenvalue weighted by atomic mass is 10.2. The van der Waals surface area contributed by atoms with Crippen LogP contribution in [0.2, 0.25) is 5.02 Å². The van der Waals surface area contributed by atoms with Crippen LogP contribution in [0.25, 0.3) is 0 Å². The number of benzene rings is 2. The highest BCUT2D eigenvalue weighted by Crippen LogP contribution is 2.34. The van der Waals surface area contributed by atoms with Crippen LogP contribution in [0, 0.1) is 0 Å². The zero-order valence-electron chi connectivity index (χ0n) is 15.7. The molecule has 0 unspecified atom stereocenters. The molecule has 2 aromatic carbocycles. The Labute approximate surface area is 173 Å². The average molecular weight is 439 g/mol. The first-order valence-electron chi connectivity index (χ1n) is 8.63. The number of carbonyl (C=O) groups is 2. The average Bonchev–Trinajstić information content (AvgIpc) is 2.88. The number of fused-ring (bicyclic) bond motifs is 1. The quantitative estimate of drug-likeness (QED) is 0.736. The van der Waals surface area contributed by atoms with Crippen LogP contribution in [0.5, 0.6) is 5.75 Å². The Morgan fingerprint density at radius 1 is 1.24 bits per heavy atom. The van der Waals surface area contributed by atoms with Gasteiger partial charge in [-0.05, 0) is 30.3 Å². The number of carbonyl (C=O) groups excluding carboxylic acids is 2. The molecule has 0 saturated carbocycles. The van der Waals surface area contributed by atoms with Crippen molar-refractivity contribution in [3.05, 3.63) is 53.1 Å². The van der Waals surface area contributed by atoms with Crippen molar-refractivity contribution in [3.8, 4) is 5.75 Å². The van der Waals surface area contributed by atoms with Gasteiger partial charge in [0.15, 0.2) is 6.10 Å². The summed E-state index contributed by atoms with van der Waals surface area (Å²) >= 11 is 5.99. The Morgan fingerprint density at radius 2 is 1.97 bits per heavy atom. The van der Waals surface area contributed by atoms with Crippen LogP contribution >= 0.6 is 11.6 Å². The summed E-state index contributed by atoms with van der Waals surface area (Å²) in [7, 11) is -2.31. The lowest BCUT2D eigenvalue weighted by molar-refractivity contribution is -0.122. The van der Waals surface area contributed by atoms with Crippen LogP contribution in [-0.2, 0) is 19.6 Å². The van der Waals surface area contributed by atoms with E-state index in [0.29, 0.717) is 17.1 Å². The van der Waals surface area contributed by atoms with E-state index in [2.05, 4.69) is 10.1 Å². The van der Waals surface area contributed by atoms with Gasteiger partial charge in [0.1, 0.15) is 5.75 Å². The van der Waals surface area contributed by atoms with Gasteiger partial charge in [-0.25, -0.2) is 13.2 Å². The Kier molecular flexibility index (Phi) is 5.99. The largest absolute Gasteiger partial charge is 0.478 e. The van der Waals surface area contributed by atoms with Gasteiger partial charge in [-0.15, -0.1) is 0 Å². The van der Waals surface area contributed by atoms with Gasteiger partial charge < -0.3 is 14.8 Å². The molecule has 0 radical (unpaired) electrons. The van der Waals surface area contributed by atoms with Gasteiger partial charge in [0.25, 0.3) is 5.91 Å². The first-order valence-corrected chi connectivity index (χ1v) is 10.9. The van der Waals surface area contributed by atoms with Gasteiger partial charge in [-0.1, -0.05) is 23.7 Å². The number of hydrogen-bond acceptors (Lipinski definition) is 6. The minimum absolute atomic E-state index is 0.0853. The molecule has 0 fully saturated rings. The van der Waals surface area contributed by atoms with Crippen molar-refractivity contribution in [1.82, 2.24) is 0 Å². The number of ether oxygens (including phenoxy) is 2. The summed E-state index contributed by atoms with van der Waals surface area (Å²) in [6.45, 7) is 0.0853. The SMILES string of the molecule is COC(=O)c1cc(NC(=O)[C@@H]2CCN(S(C)(=O)=O)c3ccccc3O2)ccc1Cl. The minimum Gasteiger partial charge on any atom is -0.478 e. The van der Waals surface area contributed by atoms with E-state index in [0.717, 1.165) is 6.26 Å². The molecule has 0 bridgehead atoms. The number of rotatable bonds is 4. The molecule has 1 heterocycles. The second-order valence-corrected chi connectivity index (χ2v) is 8.69. The number of amides is 1. The number of hydrogen-bond donors (Lipinski definition) is 1. The molecule has 0 spiro atoms. The number of para-hydroxylation sites is 2. The Hall–Kier alpha value is -2.78. The molecule has 1 aliphatic rings. The van der Waals surface area contributed by atoms with Crippen molar-refractivity contribution in [3.63, 3.8) is 0 Å². The van der Waals surface area contributed by atoms with Crippen LogP contribution in [0.4, 0.5) is 11.4 Å². The number of nitrogens with zero attached hydrogens (tertiary/aromatic N) is 1. The molecule has 0 aliphatic carbocycles. The zero-order valence-corrected chi connectivity index (χ0v) is 17.3. The maximum Gasteiger partial charge on any atom is 0.339 e. The summed E-state index contributed by atoms with van der Waals surface area (Å²) in [4.78, 5) is 24.5. The fraction of sp³-hybridized carbons (Fsp3) is 0.263. The Bertz CT molecular complexity index is 1060. The van der Waals surface area contributed by atoms with Crippen LogP contribution in [0.15, 0.2) is 42.5 Å². The molecular formula is C19H19ClN2O6S. The van der Waals surface area contributed by atoms with Gasteiger partial charge in [0.05, 0.1) is 29.6 Å². The second kappa shape index (κ2) is 8.30. The molecule has 1 N–H and O–H groups in total. The third-order valence-electron chi connectivity index (χ3n) is 4.33. The number of anilines is 2. The maximum absolute atomic E-state index is 12.8. The maximum atomic E-state index is 12.8. The predicted octanol–water partition coefficient (Wildman–Crippen LogP) is 2.68. The highest BCUT2D eigenvalue weighted by molar-refractivity contribution is 7.92. The Morgan fingerprint density at radius 3 is 2.66 bits per heavy atom. The smallest absolute Gasteiger partial charge is 0.339 e. The molecule has 2 aromatic rings. The van der Waals surface area contributed by atoms with Crippen molar-refractivity contribution in [1.29, 1.82) is 0 Å². The zero-order chi connectivity index (χ0) is 21.2. The van der Waals surface area contributed by atoms with Gasteiger partial charge in [0.2, 0.25) is 10.0 Å². The number of methoxy groups -OCH3 is 1. The molecule has 0 aromatic heterocycles. The molecule has 0 saturated heterocycles. The standard InChI is InChI=1S/C19H19ClN2O6S/c1-27-19(24)13-11-12(7-8-14(13)20)21-18(23)17-9-10-22(29(2,25)26)15-5-3-4-6-16(15)28-17/h3-8,11,17H,9-10H2,1-2H3,(H,21,23)/t17-/m0/s1. The van der Waals surface area contributed by atoms with Gasteiger partial charge in [-0.3, -0.25) is 9.10 Å². The van der Waals surface area contributed by atoms with Crippen molar-refractivity contribution in [2.45, 2.75) is 12.5 Å². The van der Waals surface area contributed by atoms with Crippen molar-refractivity contribution < 1.29 is 27.5 Å². The third-order valence-corrected chi connectivity index (χ3v) is 5.84. The highest BCUT2D eigenvalue weighted by Gasteiger charge is 2.31. The number of nitrogens with one attached hydrogen (secondary N) is 1. The lowest BCUT2D eigenvalue weighted by Crippen LogP contribution is -2.36. The van der Waals surface area contributed by atoms with Crippen molar-refractivity contribution in [2.24, 2.45) is 0 Å². The number of esters is 1. The topological polar surface area (TPSA) is 102 Å². The lowest BCUT2D eigenvalue weighted by Gasteiger charge is -2.20. The number of halogens is 1. The first-order chi connectivity index (χ1) is 13.7. The number of sulfonamides is 1. The van der Waals surface area contributed by atoms with Crippen molar-refractivity contribution in [2.75, 3.05) is 29.5 Å². The first kappa shape index (κ1) is 20.9. The van der Waals surface area contributed by atoms with Crippen molar-refractivity contribution >= 4 is 44.9 Å². The summed E-state index contributed by atoms with van der Waals surface area (Å²) in [5, 5.41) is 2.86. The predicted molar refractivity (Wildman–Crippen MR) is 109 cm³/mol. The summed E-state index contributed by atoms with van der Waals surface area (Å²) in [5.41, 5.74) is 0.827. The Balaban J connectivity index is 1.84. The van der Waals surface area contributed by atoms with E-state index in [9.17, 15) is 18.0 Å². The summed E-state index contributed by atoms with van der Waals surface area (Å²) in [6, 6.07) is 11.0. The summed E-state index contributed by atoms with van der Waals surface area (Å²) < 4.78 is 36.0. The molecule has 1 aliphatic heterocycles. The monoisotopic (exact) mass is 438 g/mol. The fourth-order valence-corrected chi connectivity index (χ4v) is 4.09. The van der Waals surface area contributed by atoms with E-state index in [-0.39, 0.29) is 23.6 Å². The summed E-state index contributed by atoms with van der Waals surface area (Å²) in [6.07, 6.45) is 0.317. The van der Waals surface area contributed by atoms with E-state index < -0.39 is 28.0 Å². The van der Waals surface area contributed by atoms with Crippen LogP contribution in [0.1, 0.15) is 16.8 Å². The molecule has 154 valence electrons. The normalized spacial score (nSPS) is 16.2. The van der Waals surface area contributed by atoms with Crippen LogP contribution in [-0.4, -0.2) is 46.3 Å². The molecular weight excluding hydrogens is 420 g/mol. The molecule has 8 nitrogen and oxygen atoms in total. The molecule has 1 atom stereocenters. The second-order valence-electron chi connectivity index (χ2n) is 6.37. The minimum atomic E-state index is -3.54. The highest BCUT2D eigenvalue weighted by atomic mass is 35.5. The van der Waals surface area contributed by atoms with Crippen LogP contribution < -0.4 is 14.4 Å².